The van der Waals surface area contributed by atoms with E-state index in [-0.39, 0.29) is 11.9 Å². The number of halogens is 1. The van der Waals surface area contributed by atoms with Crippen LogP contribution in [0.3, 0.4) is 0 Å². The number of fused-ring (bicyclic) bond motifs is 1. The molecule has 0 N–H and O–H groups in total. The molecule has 0 aliphatic carbocycles. The van der Waals surface area contributed by atoms with Gasteiger partial charge in [0.1, 0.15) is 5.75 Å². The number of hydrogen-bond acceptors (Lipinski definition) is 3. The minimum atomic E-state index is -0.103. The van der Waals surface area contributed by atoms with Crippen LogP contribution in [0.2, 0.25) is 0 Å². The van der Waals surface area contributed by atoms with E-state index in [0.29, 0.717) is 13.2 Å². The number of ether oxygens (including phenoxy) is 2. The number of benzene rings is 2. The highest BCUT2D eigenvalue weighted by Gasteiger charge is 2.10. The first-order chi connectivity index (χ1) is 11.1. The van der Waals surface area contributed by atoms with Crippen LogP contribution >= 0.6 is 15.9 Å². The maximum Gasteiger partial charge on any atom is 0.308 e. The summed E-state index contributed by atoms with van der Waals surface area (Å²) in [7, 11) is 0. The monoisotopic (exact) mass is 378 g/mol. The van der Waals surface area contributed by atoms with E-state index in [2.05, 4.69) is 34.1 Å². The zero-order valence-electron chi connectivity index (χ0n) is 13.7. The van der Waals surface area contributed by atoms with Crippen molar-refractivity contribution in [3.05, 3.63) is 40.9 Å². The Kier molecular flexibility index (Phi) is 6.90. The van der Waals surface area contributed by atoms with Crippen LogP contribution in [0.4, 0.5) is 0 Å². The molecule has 124 valence electrons. The van der Waals surface area contributed by atoms with Gasteiger partial charge >= 0.3 is 5.97 Å². The van der Waals surface area contributed by atoms with Crippen molar-refractivity contribution in [1.82, 2.24) is 0 Å². The number of carbonyl (C=O) groups excluding carboxylic acids is 1. The Hall–Kier alpha value is -1.55. The molecule has 0 aliphatic rings. The van der Waals surface area contributed by atoms with Crippen LogP contribution in [-0.4, -0.2) is 19.2 Å². The number of carbonyl (C=O) groups is 1. The minimum absolute atomic E-state index is 0.0103. The fourth-order valence-corrected chi connectivity index (χ4v) is 2.54. The highest BCUT2D eigenvalue weighted by Crippen LogP contribution is 2.24. The average molecular weight is 379 g/mol. The molecule has 0 saturated carbocycles. The lowest BCUT2D eigenvalue weighted by Gasteiger charge is -2.10. The molecule has 0 spiro atoms. The molecule has 2 rings (SSSR count). The van der Waals surface area contributed by atoms with Crippen LogP contribution in [0, 0.1) is 5.92 Å². The molecule has 0 radical (unpaired) electrons. The van der Waals surface area contributed by atoms with Crippen molar-refractivity contribution in [3.8, 4) is 5.75 Å². The molecule has 0 bridgehead atoms. The van der Waals surface area contributed by atoms with E-state index in [4.69, 9.17) is 9.47 Å². The first kappa shape index (κ1) is 17.8. The summed E-state index contributed by atoms with van der Waals surface area (Å²) in [6.45, 7) is 4.98. The van der Waals surface area contributed by atoms with E-state index in [1.54, 1.807) is 0 Å². The van der Waals surface area contributed by atoms with Crippen LogP contribution in [0.5, 0.6) is 5.75 Å². The number of unbranched alkanes of at least 4 members (excludes halogenated alkanes) is 1. The van der Waals surface area contributed by atoms with Gasteiger partial charge in [-0.05, 0) is 54.3 Å². The normalized spacial score (nSPS) is 12.1. The van der Waals surface area contributed by atoms with Gasteiger partial charge in [0.2, 0.25) is 0 Å². The summed E-state index contributed by atoms with van der Waals surface area (Å²) in [6, 6.07) is 12.3. The highest BCUT2D eigenvalue weighted by atomic mass is 79.9. The molecule has 1 atom stereocenters. The quantitative estimate of drug-likeness (QED) is 0.458. The third kappa shape index (κ3) is 5.54. The maximum absolute atomic E-state index is 11.5. The molecule has 2 aromatic carbocycles. The van der Waals surface area contributed by atoms with Crippen molar-refractivity contribution in [1.29, 1.82) is 0 Å². The summed E-state index contributed by atoms with van der Waals surface area (Å²) in [6.07, 6.45) is 2.51. The predicted molar refractivity (Wildman–Crippen MR) is 96.8 cm³/mol. The maximum atomic E-state index is 11.5. The first-order valence-corrected chi connectivity index (χ1v) is 8.88. The van der Waals surface area contributed by atoms with E-state index in [0.717, 1.165) is 34.9 Å². The van der Waals surface area contributed by atoms with Gasteiger partial charge in [0.25, 0.3) is 0 Å². The van der Waals surface area contributed by atoms with Crippen LogP contribution < -0.4 is 4.74 Å². The summed E-state index contributed by atoms with van der Waals surface area (Å²) >= 11 is 3.47. The molecule has 3 nitrogen and oxygen atoms in total. The molecule has 4 heteroatoms. The molecule has 23 heavy (non-hydrogen) atoms. The molecule has 1 unspecified atom stereocenters. The van der Waals surface area contributed by atoms with E-state index >= 15 is 0 Å². The molecule has 0 amide bonds. The zero-order valence-corrected chi connectivity index (χ0v) is 15.3. The van der Waals surface area contributed by atoms with Crippen LogP contribution in [0.25, 0.3) is 10.8 Å². The van der Waals surface area contributed by atoms with Crippen molar-refractivity contribution in [2.75, 3.05) is 13.2 Å². The molecule has 0 fully saturated rings. The van der Waals surface area contributed by atoms with Gasteiger partial charge in [-0.3, -0.25) is 4.79 Å². The van der Waals surface area contributed by atoms with E-state index < -0.39 is 0 Å². The third-order valence-electron chi connectivity index (χ3n) is 3.84. The summed E-state index contributed by atoms with van der Waals surface area (Å²) in [5.74, 6) is 0.759. The Morgan fingerprint density at radius 2 is 1.78 bits per heavy atom. The summed E-state index contributed by atoms with van der Waals surface area (Å²) in [5, 5.41) is 2.34. The van der Waals surface area contributed by atoms with Gasteiger partial charge < -0.3 is 9.47 Å². The van der Waals surface area contributed by atoms with Crippen molar-refractivity contribution in [3.63, 3.8) is 0 Å². The Labute approximate surface area is 146 Å². The Bertz CT molecular complexity index is 654. The molecule has 0 aromatic heterocycles. The third-order valence-corrected chi connectivity index (χ3v) is 4.33. The number of esters is 1. The lowest BCUT2D eigenvalue weighted by Crippen LogP contribution is -2.14. The zero-order chi connectivity index (χ0) is 16.7. The second-order valence-corrected chi connectivity index (χ2v) is 6.60. The minimum Gasteiger partial charge on any atom is -0.494 e. The number of rotatable bonds is 8. The summed E-state index contributed by atoms with van der Waals surface area (Å²) < 4.78 is 12.1. The van der Waals surface area contributed by atoms with Gasteiger partial charge in [0, 0.05) is 4.47 Å². The Morgan fingerprint density at radius 3 is 2.57 bits per heavy atom. The molecular formula is C19H23BrO3. The number of hydrogen-bond donors (Lipinski definition) is 0. The van der Waals surface area contributed by atoms with Gasteiger partial charge in [0.05, 0.1) is 19.1 Å². The highest BCUT2D eigenvalue weighted by molar-refractivity contribution is 9.10. The standard InChI is InChI=1S/C19H23BrO3/c1-3-14(2)19(21)23-11-5-4-10-22-18-9-7-15-12-17(20)8-6-16(15)13-18/h6-9,12-14H,3-5,10-11H2,1-2H3. The van der Waals surface area contributed by atoms with Crippen molar-refractivity contribution < 1.29 is 14.3 Å². The topological polar surface area (TPSA) is 35.5 Å². The van der Waals surface area contributed by atoms with E-state index in [1.807, 2.05) is 32.0 Å². The summed E-state index contributed by atoms with van der Waals surface area (Å²) in [5.41, 5.74) is 0. The Morgan fingerprint density at radius 1 is 1.09 bits per heavy atom. The van der Waals surface area contributed by atoms with Crippen LogP contribution in [0.1, 0.15) is 33.1 Å². The first-order valence-electron chi connectivity index (χ1n) is 8.09. The Balaban J connectivity index is 1.70. The van der Waals surface area contributed by atoms with E-state index in [9.17, 15) is 4.79 Å². The van der Waals surface area contributed by atoms with E-state index in [1.165, 1.54) is 5.39 Å². The lowest BCUT2D eigenvalue weighted by atomic mass is 10.1. The molecule has 0 heterocycles. The average Bonchev–Trinajstić information content (AvgIpc) is 2.56. The van der Waals surface area contributed by atoms with Crippen molar-refractivity contribution in [2.24, 2.45) is 5.92 Å². The lowest BCUT2D eigenvalue weighted by molar-refractivity contribution is -0.148. The van der Waals surface area contributed by atoms with Gasteiger partial charge in [-0.1, -0.05) is 41.9 Å². The molecule has 0 saturated heterocycles. The summed E-state index contributed by atoms with van der Waals surface area (Å²) in [4.78, 5) is 11.5. The van der Waals surface area contributed by atoms with Crippen molar-refractivity contribution in [2.45, 2.75) is 33.1 Å². The SMILES string of the molecule is CCC(C)C(=O)OCCCCOc1ccc2cc(Br)ccc2c1. The molecule has 2 aromatic rings. The van der Waals surface area contributed by atoms with Crippen LogP contribution in [-0.2, 0) is 9.53 Å². The second-order valence-electron chi connectivity index (χ2n) is 5.69. The molecule has 0 aliphatic heterocycles. The molecular weight excluding hydrogens is 356 g/mol. The van der Waals surface area contributed by atoms with Gasteiger partial charge in [-0.15, -0.1) is 0 Å². The second kappa shape index (κ2) is 8.92. The smallest absolute Gasteiger partial charge is 0.308 e. The van der Waals surface area contributed by atoms with Gasteiger partial charge in [-0.25, -0.2) is 0 Å². The van der Waals surface area contributed by atoms with Gasteiger partial charge in [0.15, 0.2) is 0 Å². The fourth-order valence-electron chi connectivity index (χ4n) is 2.16. The van der Waals surface area contributed by atoms with Crippen molar-refractivity contribution >= 4 is 32.7 Å². The predicted octanol–water partition coefficient (Wildman–Crippen LogP) is 5.35. The fraction of sp³-hybridized carbons (Fsp3) is 0.421. The van der Waals surface area contributed by atoms with Crippen LogP contribution in [0.15, 0.2) is 40.9 Å². The largest absolute Gasteiger partial charge is 0.494 e. The van der Waals surface area contributed by atoms with Gasteiger partial charge in [-0.2, -0.15) is 0 Å².